The van der Waals surface area contributed by atoms with E-state index in [1.165, 1.54) is 32.8 Å². The highest BCUT2D eigenvalue weighted by Crippen LogP contribution is 2.39. The molecule has 4 nitrogen and oxygen atoms in total. The largest absolute Gasteiger partial charge is 0.456 e. The second kappa shape index (κ2) is 11.3. The predicted molar refractivity (Wildman–Crippen MR) is 218 cm³/mol. The van der Waals surface area contributed by atoms with Gasteiger partial charge in [-0.2, -0.15) is 5.26 Å². The minimum atomic E-state index is 0.604. The molecule has 246 valence electrons. The molecule has 0 N–H and O–H groups in total. The number of fused-ring (bicyclic) bond motifs is 9. The highest BCUT2D eigenvalue weighted by atomic mass is 16.3. The van der Waals surface area contributed by atoms with Gasteiger partial charge in [-0.15, -0.1) is 0 Å². The van der Waals surface area contributed by atoms with Crippen LogP contribution in [0.4, 0.5) is 0 Å². The van der Waals surface area contributed by atoms with Crippen molar-refractivity contribution in [1.82, 2.24) is 9.13 Å². The van der Waals surface area contributed by atoms with Gasteiger partial charge in [0.1, 0.15) is 11.2 Å². The number of aromatic nitrogens is 2. The third-order valence-corrected chi connectivity index (χ3v) is 10.7. The molecule has 4 heteroatoms. The van der Waals surface area contributed by atoms with Crippen molar-refractivity contribution in [2.24, 2.45) is 0 Å². The van der Waals surface area contributed by atoms with Gasteiger partial charge in [0.15, 0.2) is 0 Å². The van der Waals surface area contributed by atoms with Crippen molar-refractivity contribution in [2.45, 2.75) is 0 Å². The second-order valence-electron chi connectivity index (χ2n) is 13.7. The van der Waals surface area contributed by atoms with Crippen molar-refractivity contribution in [2.75, 3.05) is 0 Å². The van der Waals surface area contributed by atoms with Gasteiger partial charge in [0.05, 0.1) is 33.7 Å². The Morgan fingerprint density at radius 2 is 0.887 bits per heavy atom. The van der Waals surface area contributed by atoms with Gasteiger partial charge < -0.3 is 13.6 Å². The minimum absolute atomic E-state index is 0.604. The van der Waals surface area contributed by atoms with Gasteiger partial charge >= 0.3 is 0 Å². The lowest BCUT2D eigenvalue weighted by atomic mass is 10.00. The van der Waals surface area contributed by atoms with Crippen LogP contribution in [0.5, 0.6) is 0 Å². The normalized spacial score (nSPS) is 11.8. The van der Waals surface area contributed by atoms with Crippen LogP contribution in [0.25, 0.3) is 99.2 Å². The maximum atomic E-state index is 10.2. The third-order valence-electron chi connectivity index (χ3n) is 10.7. The van der Waals surface area contributed by atoms with Crippen molar-refractivity contribution in [1.29, 1.82) is 5.26 Å². The fraction of sp³-hybridized carbons (Fsp3) is 0. The van der Waals surface area contributed by atoms with E-state index in [9.17, 15) is 5.26 Å². The van der Waals surface area contributed by atoms with Gasteiger partial charge in [-0.1, -0.05) is 91.0 Å². The molecule has 3 heterocycles. The molecule has 53 heavy (non-hydrogen) atoms. The fourth-order valence-electron chi connectivity index (χ4n) is 8.32. The van der Waals surface area contributed by atoms with Crippen molar-refractivity contribution in [3.05, 3.63) is 181 Å². The quantitative estimate of drug-likeness (QED) is 0.186. The summed E-state index contributed by atoms with van der Waals surface area (Å²) in [5.74, 6) is 0. The van der Waals surface area contributed by atoms with Crippen LogP contribution in [-0.2, 0) is 0 Å². The first kappa shape index (κ1) is 29.4. The zero-order valence-corrected chi connectivity index (χ0v) is 28.5. The second-order valence-corrected chi connectivity index (χ2v) is 13.7. The number of hydrogen-bond acceptors (Lipinski definition) is 2. The lowest BCUT2D eigenvalue weighted by Gasteiger charge is -2.12. The molecule has 0 saturated carbocycles. The van der Waals surface area contributed by atoms with Crippen molar-refractivity contribution >= 4 is 65.6 Å². The smallest absolute Gasteiger partial charge is 0.136 e. The molecule has 11 rings (SSSR count). The third kappa shape index (κ3) is 4.48. The minimum Gasteiger partial charge on any atom is -0.456 e. The molecule has 0 amide bonds. The summed E-state index contributed by atoms with van der Waals surface area (Å²) in [5, 5.41) is 17.2. The lowest BCUT2D eigenvalue weighted by Crippen LogP contribution is -1.96. The Kier molecular flexibility index (Phi) is 6.28. The molecular formula is C49H29N3O. The monoisotopic (exact) mass is 675 g/mol. The number of nitrogens with zero attached hydrogens (tertiary/aromatic N) is 3. The topological polar surface area (TPSA) is 46.8 Å². The van der Waals surface area contributed by atoms with Gasteiger partial charge in [0, 0.05) is 43.7 Å². The zero-order valence-electron chi connectivity index (χ0n) is 28.5. The van der Waals surface area contributed by atoms with Gasteiger partial charge in [-0.3, -0.25) is 0 Å². The van der Waals surface area contributed by atoms with Gasteiger partial charge in [-0.25, -0.2) is 0 Å². The van der Waals surface area contributed by atoms with Crippen molar-refractivity contribution in [3.8, 4) is 39.7 Å². The Morgan fingerprint density at radius 3 is 1.57 bits per heavy atom. The van der Waals surface area contributed by atoms with Crippen LogP contribution in [-0.4, -0.2) is 9.13 Å². The summed E-state index contributed by atoms with van der Waals surface area (Å²) in [4.78, 5) is 0. The Morgan fingerprint density at radius 1 is 0.358 bits per heavy atom. The molecule has 0 atom stereocenters. The Hall–Kier alpha value is -7.35. The Bertz CT molecular complexity index is 3300. The van der Waals surface area contributed by atoms with Crippen LogP contribution in [0.2, 0.25) is 0 Å². The standard InChI is InChI=1S/C49H29N3O/c50-30-31-24-35(34-18-21-41-40-14-6-9-17-48(40)53-49(41)29-34)26-37(25-31)52-45-16-8-5-13-39(45)43-28-33(20-23-47(43)52)32-19-22-46-42(27-32)38-12-4-7-15-44(38)51(46)36-10-2-1-3-11-36/h1-29H. The van der Waals surface area contributed by atoms with E-state index in [-0.39, 0.29) is 0 Å². The summed E-state index contributed by atoms with van der Waals surface area (Å²) in [7, 11) is 0. The maximum Gasteiger partial charge on any atom is 0.136 e. The van der Waals surface area contributed by atoms with E-state index >= 15 is 0 Å². The van der Waals surface area contributed by atoms with Gasteiger partial charge in [-0.05, 0) is 107 Å². The number of para-hydroxylation sites is 4. The first-order chi connectivity index (χ1) is 26.2. The van der Waals surface area contributed by atoms with E-state index in [2.05, 4.69) is 161 Å². The van der Waals surface area contributed by atoms with Crippen LogP contribution in [0.1, 0.15) is 5.56 Å². The Labute approximate surface area is 304 Å². The number of furan rings is 1. The van der Waals surface area contributed by atoms with E-state index in [4.69, 9.17) is 4.42 Å². The average Bonchev–Trinajstić information content (AvgIpc) is 3.88. The maximum absolute atomic E-state index is 10.2. The van der Waals surface area contributed by atoms with Crippen molar-refractivity contribution in [3.63, 3.8) is 0 Å². The molecule has 8 aromatic carbocycles. The predicted octanol–water partition coefficient (Wildman–Crippen LogP) is 13.0. The van der Waals surface area contributed by atoms with Crippen LogP contribution < -0.4 is 0 Å². The molecule has 3 aromatic heterocycles. The number of nitriles is 1. The Balaban J connectivity index is 1.07. The molecule has 0 unspecified atom stereocenters. The SMILES string of the molecule is N#Cc1cc(-c2ccc3c(c2)oc2ccccc23)cc(-n2c3ccccc3c3cc(-c4ccc5c(c4)c4ccccc4n5-c4ccccc4)ccc32)c1. The van der Waals surface area contributed by atoms with E-state index in [1.54, 1.807) is 0 Å². The van der Waals surface area contributed by atoms with E-state index in [1.807, 2.05) is 30.3 Å². The number of rotatable bonds is 4. The molecule has 0 spiro atoms. The molecule has 0 aliphatic carbocycles. The average molecular weight is 676 g/mol. The van der Waals surface area contributed by atoms with Crippen LogP contribution in [0.15, 0.2) is 180 Å². The lowest BCUT2D eigenvalue weighted by molar-refractivity contribution is 0.669. The molecule has 0 saturated heterocycles. The van der Waals surface area contributed by atoms with Crippen LogP contribution in [0.3, 0.4) is 0 Å². The summed E-state index contributed by atoms with van der Waals surface area (Å²) < 4.78 is 10.9. The highest BCUT2D eigenvalue weighted by Gasteiger charge is 2.17. The summed E-state index contributed by atoms with van der Waals surface area (Å²) in [6.07, 6.45) is 0. The van der Waals surface area contributed by atoms with E-state index in [0.29, 0.717) is 5.56 Å². The summed E-state index contributed by atoms with van der Waals surface area (Å²) in [6.45, 7) is 0. The van der Waals surface area contributed by atoms with Gasteiger partial charge in [0.25, 0.3) is 0 Å². The summed E-state index contributed by atoms with van der Waals surface area (Å²) in [6, 6.07) is 64.3. The molecule has 0 fully saturated rings. The molecule has 0 radical (unpaired) electrons. The molecular weight excluding hydrogens is 647 g/mol. The molecule has 0 aliphatic heterocycles. The van der Waals surface area contributed by atoms with Crippen LogP contribution >= 0.6 is 0 Å². The van der Waals surface area contributed by atoms with Crippen molar-refractivity contribution < 1.29 is 4.42 Å². The van der Waals surface area contributed by atoms with E-state index < -0.39 is 0 Å². The molecule has 11 aromatic rings. The first-order valence-electron chi connectivity index (χ1n) is 17.8. The molecule has 0 bridgehead atoms. The van der Waals surface area contributed by atoms with Crippen LogP contribution in [0, 0.1) is 11.3 Å². The summed E-state index contributed by atoms with van der Waals surface area (Å²) >= 11 is 0. The summed E-state index contributed by atoms with van der Waals surface area (Å²) in [5.41, 5.74) is 13.3. The van der Waals surface area contributed by atoms with E-state index in [0.717, 1.165) is 66.4 Å². The number of hydrogen-bond donors (Lipinski definition) is 0. The first-order valence-corrected chi connectivity index (χ1v) is 17.8. The fourth-order valence-corrected chi connectivity index (χ4v) is 8.32. The highest BCUT2D eigenvalue weighted by molar-refractivity contribution is 6.13. The van der Waals surface area contributed by atoms with Gasteiger partial charge in [0.2, 0.25) is 0 Å². The number of benzene rings is 8. The zero-order chi connectivity index (χ0) is 35.0. The molecule has 0 aliphatic rings.